The molecule has 0 bridgehead atoms. The van der Waals surface area contributed by atoms with Gasteiger partial charge in [0.05, 0.1) is 6.10 Å². The second-order valence-electron chi connectivity index (χ2n) is 4.90. The first-order valence-electron chi connectivity index (χ1n) is 6.02. The van der Waals surface area contributed by atoms with Crippen molar-refractivity contribution in [1.29, 1.82) is 0 Å². The van der Waals surface area contributed by atoms with Crippen LogP contribution in [0.5, 0.6) is 0 Å². The smallest absolute Gasteiger partial charge is 0.0576 e. The lowest BCUT2D eigenvalue weighted by molar-refractivity contribution is 0.0981. The molecule has 0 aromatic heterocycles. The molecule has 0 saturated carbocycles. The third-order valence-corrected chi connectivity index (χ3v) is 3.68. The van der Waals surface area contributed by atoms with Crippen molar-refractivity contribution in [2.24, 2.45) is 11.1 Å². The van der Waals surface area contributed by atoms with E-state index in [4.69, 9.17) is 10.5 Å². The first kappa shape index (κ1) is 12.0. The molecule has 1 aliphatic rings. The Labute approximate surface area is 88.2 Å². The van der Waals surface area contributed by atoms with Crippen LogP contribution >= 0.6 is 0 Å². The van der Waals surface area contributed by atoms with Crippen LogP contribution in [0.1, 0.15) is 52.4 Å². The van der Waals surface area contributed by atoms with E-state index in [1.54, 1.807) is 0 Å². The van der Waals surface area contributed by atoms with Crippen molar-refractivity contribution in [3.05, 3.63) is 0 Å². The zero-order chi connectivity index (χ0) is 10.4. The third-order valence-electron chi connectivity index (χ3n) is 3.68. The van der Waals surface area contributed by atoms with Gasteiger partial charge in [0.2, 0.25) is 0 Å². The van der Waals surface area contributed by atoms with Crippen LogP contribution in [-0.4, -0.2) is 19.3 Å². The SMILES string of the molecule is CCC(C)(CN)CCCC1CCCO1. The number of hydrogen-bond acceptors (Lipinski definition) is 2. The minimum atomic E-state index is 0.360. The Kier molecular flexibility index (Phi) is 4.90. The molecule has 1 saturated heterocycles. The fraction of sp³-hybridized carbons (Fsp3) is 1.00. The Morgan fingerprint density at radius 3 is 2.79 bits per heavy atom. The minimum absolute atomic E-state index is 0.360. The van der Waals surface area contributed by atoms with Gasteiger partial charge in [-0.25, -0.2) is 0 Å². The Morgan fingerprint density at radius 1 is 1.50 bits per heavy atom. The summed E-state index contributed by atoms with van der Waals surface area (Å²) in [6.45, 7) is 6.32. The van der Waals surface area contributed by atoms with Gasteiger partial charge in [-0.1, -0.05) is 20.3 Å². The van der Waals surface area contributed by atoms with Crippen LogP contribution in [0.2, 0.25) is 0 Å². The Hall–Kier alpha value is -0.0800. The van der Waals surface area contributed by atoms with E-state index in [1.165, 1.54) is 38.5 Å². The zero-order valence-corrected chi connectivity index (χ0v) is 9.72. The maximum Gasteiger partial charge on any atom is 0.0576 e. The van der Waals surface area contributed by atoms with Gasteiger partial charge in [0, 0.05) is 6.61 Å². The summed E-state index contributed by atoms with van der Waals surface area (Å²) in [7, 11) is 0. The molecule has 1 fully saturated rings. The zero-order valence-electron chi connectivity index (χ0n) is 9.72. The standard InChI is InChI=1S/C12H25NO/c1-3-12(2,10-13)8-4-6-11-7-5-9-14-11/h11H,3-10,13H2,1-2H3. The average molecular weight is 199 g/mol. The van der Waals surface area contributed by atoms with Crippen LogP contribution in [0, 0.1) is 5.41 Å². The van der Waals surface area contributed by atoms with Crippen molar-refractivity contribution >= 4 is 0 Å². The molecule has 84 valence electrons. The van der Waals surface area contributed by atoms with Crippen LogP contribution in [0.4, 0.5) is 0 Å². The summed E-state index contributed by atoms with van der Waals surface area (Å²) in [5.41, 5.74) is 6.14. The van der Waals surface area contributed by atoms with Crippen molar-refractivity contribution in [1.82, 2.24) is 0 Å². The van der Waals surface area contributed by atoms with Gasteiger partial charge in [-0.15, -0.1) is 0 Å². The molecule has 1 aliphatic heterocycles. The summed E-state index contributed by atoms with van der Waals surface area (Å²) in [5, 5.41) is 0. The van der Waals surface area contributed by atoms with Gasteiger partial charge >= 0.3 is 0 Å². The van der Waals surface area contributed by atoms with E-state index >= 15 is 0 Å². The lowest BCUT2D eigenvalue weighted by atomic mass is 9.82. The number of ether oxygens (including phenoxy) is 1. The van der Waals surface area contributed by atoms with Crippen molar-refractivity contribution in [2.75, 3.05) is 13.2 Å². The van der Waals surface area contributed by atoms with Gasteiger partial charge in [0.25, 0.3) is 0 Å². The summed E-state index contributed by atoms with van der Waals surface area (Å²) in [6.07, 6.45) is 8.02. The molecule has 0 aliphatic carbocycles. The molecule has 2 atom stereocenters. The molecule has 0 amide bonds. The molecule has 2 unspecified atom stereocenters. The molecular weight excluding hydrogens is 174 g/mol. The van der Waals surface area contributed by atoms with E-state index in [-0.39, 0.29) is 0 Å². The maximum atomic E-state index is 5.78. The van der Waals surface area contributed by atoms with Gasteiger partial charge in [-0.3, -0.25) is 0 Å². The summed E-state index contributed by atoms with van der Waals surface area (Å²) in [4.78, 5) is 0. The van der Waals surface area contributed by atoms with Crippen LogP contribution < -0.4 is 5.73 Å². The van der Waals surface area contributed by atoms with Crippen molar-refractivity contribution in [2.45, 2.75) is 58.5 Å². The fourth-order valence-corrected chi connectivity index (χ4v) is 2.05. The van der Waals surface area contributed by atoms with E-state index in [1.807, 2.05) is 0 Å². The largest absolute Gasteiger partial charge is 0.378 e. The average Bonchev–Trinajstić information content (AvgIpc) is 2.70. The van der Waals surface area contributed by atoms with E-state index in [9.17, 15) is 0 Å². The summed E-state index contributed by atoms with van der Waals surface area (Å²) < 4.78 is 5.60. The monoisotopic (exact) mass is 199 g/mol. The van der Waals surface area contributed by atoms with Crippen molar-refractivity contribution in [3.8, 4) is 0 Å². The Bertz CT molecular complexity index is 148. The van der Waals surface area contributed by atoms with E-state index < -0.39 is 0 Å². The molecule has 2 heteroatoms. The normalized spacial score (nSPS) is 26.4. The van der Waals surface area contributed by atoms with Crippen LogP contribution in [0.25, 0.3) is 0 Å². The summed E-state index contributed by atoms with van der Waals surface area (Å²) >= 11 is 0. The van der Waals surface area contributed by atoms with E-state index in [0.717, 1.165) is 13.2 Å². The summed E-state index contributed by atoms with van der Waals surface area (Å²) in [6, 6.07) is 0. The highest BCUT2D eigenvalue weighted by molar-refractivity contribution is 4.75. The van der Waals surface area contributed by atoms with E-state index in [2.05, 4.69) is 13.8 Å². The third kappa shape index (κ3) is 3.58. The highest BCUT2D eigenvalue weighted by atomic mass is 16.5. The molecule has 14 heavy (non-hydrogen) atoms. The molecule has 1 heterocycles. The predicted molar refractivity (Wildman–Crippen MR) is 60.3 cm³/mol. The topological polar surface area (TPSA) is 35.2 Å². The first-order chi connectivity index (χ1) is 6.70. The molecule has 0 radical (unpaired) electrons. The fourth-order valence-electron chi connectivity index (χ4n) is 2.05. The molecule has 2 nitrogen and oxygen atoms in total. The van der Waals surface area contributed by atoms with Crippen LogP contribution in [-0.2, 0) is 4.74 Å². The molecule has 0 aromatic carbocycles. The molecular formula is C12H25NO. The quantitative estimate of drug-likeness (QED) is 0.714. The lowest BCUT2D eigenvalue weighted by Crippen LogP contribution is -2.26. The van der Waals surface area contributed by atoms with Crippen LogP contribution in [0.15, 0.2) is 0 Å². The highest BCUT2D eigenvalue weighted by Gasteiger charge is 2.21. The van der Waals surface area contributed by atoms with Crippen LogP contribution in [0.3, 0.4) is 0 Å². The van der Waals surface area contributed by atoms with Crippen molar-refractivity contribution in [3.63, 3.8) is 0 Å². The maximum absolute atomic E-state index is 5.78. The first-order valence-corrected chi connectivity index (χ1v) is 6.02. The Morgan fingerprint density at radius 2 is 2.29 bits per heavy atom. The van der Waals surface area contributed by atoms with Crippen molar-refractivity contribution < 1.29 is 4.74 Å². The number of rotatable bonds is 6. The second-order valence-corrected chi connectivity index (χ2v) is 4.90. The summed E-state index contributed by atoms with van der Waals surface area (Å²) in [5.74, 6) is 0. The van der Waals surface area contributed by atoms with Gasteiger partial charge in [-0.05, 0) is 44.1 Å². The Balaban J connectivity index is 2.12. The molecule has 1 rings (SSSR count). The second kappa shape index (κ2) is 5.72. The molecule has 0 spiro atoms. The highest BCUT2D eigenvalue weighted by Crippen LogP contribution is 2.28. The number of hydrogen-bond donors (Lipinski definition) is 1. The minimum Gasteiger partial charge on any atom is -0.378 e. The van der Waals surface area contributed by atoms with Gasteiger partial charge < -0.3 is 10.5 Å². The van der Waals surface area contributed by atoms with Gasteiger partial charge in [0.1, 0.15) is 0 Å². The van der Waals surface area contributed by atoms with Gasteiger partial charge in [0.15, 0.2) is 0 Å². The van der Waals surface area contributed by atoms with Gasteiger partial charge in [-0.2, -0.15) is 0 Å². The molecule has 2 N–H and O–H groups in total. The molecule has 0 aromatic rings. The predicted octanol–water partition coefficient (Wildman–Crippen LogP) is 2.71. The lowest BCUT2D eigenvalue weighted by Gasteiger charge is -2.26. The number of nitrogens with two attached hydrogens (primary N) is 1. The van der Waals surface area contributed by atoms with E-state index in [0.29, 0.717) is 11.5 Å².